The van der Waals surface area contributed by atoms with E-state index in [0.29, 0.717) is 24.2 Å². The largest absolute Gasteiger partial charge is 0.492 e. The number of rotatable bonds is 5. The average Bonchev–Trinajstić information content (AvgIpc) is 2.40. The van der Waals surface area contributed by atoms with Gasteiger partial charge in [0.05, 0.1) is 0 Å². The molecule has 1 fully saturated rings. The van der Waals surface area contributed by atoms with Gasteiger partial charge in [0.25, 0.3) is 0 Å². The predicted octanol–water partition coefficient (Wildman–Crippen LogP) is 1.26. The van der Waals surface area contributed by atoms with Gasteiger partial charge < -0.3 is 9.64 Å². The summed E-state index contributed by atoms with van der Waals surface area (Å²) in [5.74, 6) is -0.0320. The molecule has 0 N–H and O–H groups in total. The Morgan fingerprint density at radius 3 is 2.68 bits per heavy atom. The standard InChI is InChI=1S/C14H19FN2O2/c1-16-2-4-17(5-3-16)6-7-19-14-9-12(11-18)8-13(15)10-14/h8-11H,2-7H2,1H3. The lowest BCUT2D eigenvalue weighted by Gasteiger charge is -2.32. The van der Waals surface area contributed by atoms with Crippen molar-refractivity contribution in [2.75, 3.05) is 46.4 Å². The Morgan fingerprint density at radius 1 is 1.26 bits per heavy atom. The maximum Gasteiger partial charge on any atom is 0.150 e. The molecular weight excluding hydrogens is 247 g/mol. The van der Waals surface area contributed by atoms with E-state index in [9.17, 15) is 9.18 Å². The minimum Gasteiger partial charge on any atom is -0.492 e. The fourth-order valence-electron chi connectivity index (χ4n) is 2.10. The average molecular weight is 266 g/mol. The molecule has 1 aromatic carbocycles. The Labute approximate surface area is 112 Å². The number of benzene rings is 1. The minimum absolute atomic E-state index is 0.301. The highest BCUT2D eigenvalue weighted by Gasteiger charge is 2.13. The second-order valence-electron chi connectivity index (χ2n) is 4.83. The molecule has 1 aliphatic heterocycles. The predicted molar refractivity (Wildman–Crippen MR) is 71.2 cm³/mol. The van der Waals surface area contributed by atoms with Crippen LogP contribution in [-0.2, 0) is 0 Å². The van der Waals surface area contributed by atoms with E-state index in [-0.39, 0.29) is 0 Å². The van der Waals surface area contributed by atoms with Crippen LogP contribution in [0.15, 0.2) is 18.2 Å². The number of hydrogen-bond donors (Lipinski definition) is 0. The first-order valence-electron chi connectivity index (χ1n) is 6.47. The van der Waals surface area contributed by atoms with Crippen molar-refractivity contribution in [1.29, 1.82) is 0 Å². The molecule has 0 amide bonds. The highest BCUT2D eigenvalue weighted by Crippen LogP contribution is 2.15. The lowest BCUT2D eigenvalue weighted by atomic mass is 10.2. The third kappa shape index (κ3) is 4.29. The van der Waals surface area contributed by atoms with Gasteiger partial charge in [-0.25, -0.2) is 4.39 Å². The quantitative estimate of drug-likeness (QED) is 0.751. The van der Waals surface area contributed by atoms with Crippen LogP contribution in [0.1, 0.15) is 10.4 Å². The number of hydrogen-bond acceptors (Lipinski definition) is 4. The number of aldehydes is 1. The van der Waals surface area contributed by atoms with Crippen molar-refractivity contribution >= 4 is 6.29 Å². The molecule has 2 rings (SSSR count). The molecule has 19 heavy (non-hydrogen) atoms. The Hall–Kier alpha value is -1.46. The molecule has 1 aromatic rings. The summed E-state index contributed by atoms with van der Waals surface area (Å²) in [5.41, 5.74) is 0.301. The van der Waals surface area contributed by atoms with Crippen molar-refractivity contribution < 1.29 is 13.9 Å². The second kappa shape index (κ2) is 6.63. The van der Waals surface area contributed by atoms with Gasteiger partial charge in [0, 0.05) is 44.4 Å². The first kappa shape index (κ1) is 14.0. The smallest absolute Gasteiger partial charge is 0.150 e. The molecule has 4 nitrogen and oxygen atoms in total. The van der Waals surface area contributed by atoms with Gasteiger partial charge in [-0.2, -0.15) is 0 Å². The topological polar surface area (TPSA) is 32.8 Å². The zero-order valence-electron chi connectivity index (χ0n) is 11.1. The summed E-state index contributed by atoms with van der Waals surface area (Å²) in [6.45, 7) is 5.52. The van der Waals surface area contributed by atoms with Gasteiger partial charge in [-0.1, -0.05) is 0 Å². The number of ether oxygens (including phenoxy) is 1. The molecule has 1 heterocycles. The Bertz CT molecular complexity index is 431. The van der Waals surface area contributed by atoms with Gasteiger partial charge in [-0.15, -0.1) is 0 Å². The fourth-order valence-corrected chi connectivity index (χ4v) is 2.10. The van der Waals surface area contributed by atoms with Crippen molar-refractivity contribution in [2.24, 2.45) is 0 Å². The van der Waals surface area contributed by atoms with Gasteiger partial charge in [0.15, 0.2) is 0 Å². The molecule has 0 spiro atoms. The van der Waals surface area contributed by atoms with Crippen molar-refractivity contribution in [3.8, 4) is 5.75 Å². The van der Waals surface area contributed by atoms with Crippen molar-refractivity contribution in [1.82, 2.24) is 9.80 Å². The number of likely N-dealkylation sites (N-methyl/N-ethyl adjacent to an activating group) is 1. The molecule has 0 radical (unpaired) electrons. The molecule has 5 heteroatoms. The molecule has 104 valence electrons. The first-order valence-corrected chi connectivity index (χ1v) is 6.47. The van der Waals surface area contributed by atoms with Crippen LogP contribution in [0.3, 0.4) is 0 Å². The van der Waals surface area contributed by atoms with Crippen molar-refractivity contribution in [3.05, 3.63) is 29.6 Å². The zero-order chi connectivity index (χ0) is 13.7. The summed E-state index contributed by atoms with van der Waals surface area (Å²) < 4.78 is 18.7. The SMILES string of the molecule is CN1CCN(CCOc2cc(F)cc(C=O)c2)CC1. The van der Waals surface area contributed by atoms with Gasteiger partial charge in [0.1, 0.15) is 24.5 Å². The normalized spacial score (nSPS) is 17.4. The Balaban J connectivity index is 1.79. The number of halogens is 1. The van der Waals surface area contributed by atoms with E-state index in [1.165, 1.54) is 12.1 Å². The highest BCUT2D eigenvalue weighted by atomic mass is 19.1. The van der Waals surface area contributed by atoms with E-state index in [4.69, 9.17) is 4.74 Å². The van der Waals surface area contributed by atoms with E-state index < -0.39 is 5.82 Å². The van der Waals surface area contributed by atoms with E-state index >= 15 is 0 Å². The number of nitrogens with zero attached hydrogens (tertiary/aromatic N) is 2. The molecular formula is C14H19FN2O2. The molecule has 0 unspecified atom stereocenters. The summed E-state index contributed by atoms with van der Waals surface area (Å²) in [7, 11) is 2.11. The minimum atomic E-state index is -0.445. The summed E-state index contributed by atoms with van der Waals surface area (Å²) >= 11 is 0. The van der Waals surface area contributed by atoms with Crippen LogP contribution in [-0.4, -0.2) is 62.5 Å². The summed E-state index contributed by atoms with van der Waals surface area (Å²) in [5, 5.41) is 0. The maximum atomic E-state index is 13.2. The van der Waals surface area contributed by atoms with Crippen LogP contribution in [0.5, 0.6) is 5.75 Å². The molecule has 0 aliphatic carbocycles. The maximum absolute atomic E-state index is 13.2. The van der Waals surface area contributed by atoms with Crippen molar-refractivity contribution in [2.45, 2.75) is 0 Å². The van der Waals surface area contributed by atoms with E-state index in [1.807, 2.05) is 0 Å². The molecule has 0 saturated carbocycles. The van der Waals surface area contributed by atoms with Crippen LogP contribution in [0.2, 0.25) is 0 Å². The van der Waals surface area contributed by atoms with Crippen LogP contribution in [0.25, 0.3) is 0 Å². The van der Waals surface area contributed by atoms with Crippen molar-refractivity contribution in [3.63, 3.8) is 0 Å². The third-order valence-electron chi connectivity index (χ3n) is 3.30. The lowest BCUT2D eigenvalue weighted by molar-refractivity contribution is 0.112. The summed E-state index contributed by atoms with van der Waals surface area (Å²) in [6, 6.07) is 4.05. The van der Waals surface area contributed by atoms with Gasteiger partial charge in [-0.3, -0.25) is 9.69 Å². The Morgan fingerprint density at radius 2 is 2.00 bits per heavy atom. The number of piperazine rings is 1. The molecule has 1 aliphatic rings. The van der Waals surface area contributed by atoms with E-state index in [1.54, 1.807) is 6.07 Å². The molecule has 0 atom stereocenters. The molecule has 0 aromatic heterocycles. The summed E-state index contributed by atoms with van der Waals surface area (Å²) in [4.78, 5) is 15.2. The highest BCUT2D eigenvalue weighted by molar-refractivity contribution is 5.75. The monoisotopic (exact) mass is 266 g/mol. The van der Waals surface area contributed by atoms with Gasteiger partial charge in [-0.05, 0) is 19.2 Å². The van der Waals surface area contributed by atoms with Crippen LogP contribution >= 0.6 is 0 Å². The van der Waals surface area contributed by atoms with Gasteiger partial charge in [0.2, 0.25) is 0 Å². The van der Waals surface area contributed by atoms with E-state index in [2.05, 4.69) is 16.8 Å². The van der Waals surface area contributed by atoms with Crippen LogP contribution in [0, 0.1) is 5.82 Å². The van der Waals surface area contributed by atoms with Gasteiger partial charge >= 0.3 is 0 Å². The first-order chi connectivity index (χ1) is 9.17. The lowest BCUT2D eigenvalue weighted by Crippen LogP contribution is -2.45. The Kier molecular flexibility index (Phi) is 4.87. The fraction of sp³-hybridized carbons (Fsp3) is 0.500. The zero-order valence-corrected chi connectivity index (χ0v) is 11.1. The second-order valence-corrected chi connectivity index (χ2v) is 4.83. The van der Waals surface area contributed by atoms with Crippen LogP contribution in [0.4, 0.5) is 4.39 Å². The van der Waals surface area contributed by atoms with Crippen LogP contribution < -0.4 is 4.74 Å². The third-order valence-corrected chi connectivity index (χ3v) is 3.30. The summed E-state index contributed by atoms with van der Waals surface area (Å²) in [6.07, 6.45) is 0.621. The number of carbonyl (C=O) groups excluding carboxylic acids is 1. The molecule has 0 bridgehead atoms. The molecule has 1 saturated heterocycles. The van der Waals surface area contributed by atoms with E-state index in [0.717, 1.165) is 32.7 Å². The number of carbonyl (C=O) groups is 1.